The standard InChI is InChI=1S/C16H14N4O3/c1-20-7-3-5-14(20)15(21)16(22)18-10-12-8-13(19-23-12)11-4-2-6-17-9-11/h2-9H,10H2,1H3,(H,18,22). The van der Waals surface area contributed by atoms with E-state index in [9.17, 15) is 9.59 Å². The maximum Gasteiger partial charge on any atom is 0.294 e. The molecule has 0 bridgehead atoms. The summed E-state index contributed by atoms with van der Waals surface area (Å²) < 4.78 is 6.75. The number of nitrogens with zero attached hydrogens (tertiary/aromatic N) is 3. The van der Waals surface area contributed by atoms with Gasteiger partial charge in [0.1, 0.15) is 5.69 Å². The summed E-state index contributed by atoms with van der Waals surface area (Å²) in [6.07, 6.45) is 5.04. The molecule has 23 heavy (non-hydrogen) atoms. The smallest absolute Gasteiger partial charge is 0.294 e. The predicted octanol–water partition coefficient (Wildman–Crippen LogP) is 1.57. The lowest BCUT2D eigenvalue weighted by Gasteiger charge is -2.03. The number of ketones is 1. The Labute approximate surface area is 131 Å². The van der Waals surface area contributed by atoms with Gasteiger partial charge in [-0.1, -0.05) is 5.16 Å². The monoisotopic (exact) mass is 310 g/mol. The lowest BCUT2D eigenvalue weighted by atomic mass is 10.2. The number of hydrogen-bond donors (Lipinski definition) is 1. The van der Waals surface area contributed by atoms with Crippen LogP contribution in [0.3, 0.4) is 0 Å². The van der Waals surface area contributed by atoms with Crippen LogP contribution < -0.4 is 5.32 Å². The number of Topliss-reactive ketones (excluding diaryl/α,β-unsaturated/α-hetero) is 1. The Hall–Kier alpha value is -3.22. The zero-order valence-electron chi connectivity index (χ0n) is 12.4. The van der Waals surface area contributed by atoms with E-state index in [0.717, 1.165) is 5.56 Å². The molecule has 0 atom stereocenters. The molecule has 1 N–H and O–H groups in total. The van der Waals surface area contributed by atoms with Crippen LogP contribution in [-0.4, -0.2) is 26.4 Å². The van der Waals surface area contributed by atoms with Crippen LogP contribution in [0.5, 0.6) is 0 Å². The quantitative estimate of drug-likeness (QED) is 0.571. The Bertz CT molecular complexity index is 836. The van der Waals surface area contributed by atoms with Crippen LogP contribution in [0.4, 0.5) is 0 Å². The number of carbonyl (C=O) groups excluding carboxylic acids is 2. The van der Waals surface area contributed by atoms with Crippen LogP contribution in [-0.2, 0) is 18.4 Å². The summed E-state index contributed by atoms with van der Waals surface area (Å²) in [5, 5.41) is 6.45. The number of nitrogens with one attached hydrogen (secondary N) is 1. The average molecular weight is 310 g/mol. The molecule has 0 aliphatic rings. The van der Waals surface area contributed by atoms with Gasteiger partial charge in [0.15, 0.2) is 5.76 Å². The van der Waals surface area contributed by atoms with Crippen LogP contribution in [0, 0.1) is 0 Å². The summed E-state index contributed by atoms with van der Waals surface area (Å²) in [4.78, 5) is 27.9. The molecule has 3 aromatic heterocycles. The first kappa shape index (κ1) is 14.7. The summed E-state index contributed by atoms with van der Waals surface area (Å²) in [7, 11) is 1.71. The number of amides is 1. The maximum atomic E-state index is 12.0. The predicted molar refractivity (Wildman–Crippen MR) is 81.3 cm³/mol. The number of carbonyl (C=O) groups is 2. The van der Waals surface area contributed by atoms with E-state index in [-0.39, 0.29) is 6.54 Å². The Morgan fingerprint density at radius 1 is 1.30 bits per heavy atom. The molecule has 0 unspecified atom stereocenters. The molecular formula is C16H14N4O3. The minimum Gasteiger partial charge on any atom is -0.359 e. The molecule has 0 aromatic carbocycles. The highest BCUT2D eigenvalue weighted by Crippen LogP contribution is 2.17. The van der Waals surface area contributed by atoms with E-state index in [1.54, 1.807) is 54.5 Å². The third-order valence-corrected chi connectivity index (χ3v) is 3.32. The molecule has 0 aliphatic carbocycles. The van der Waals surface area contributed by atoms with E-state index < -0.39 is 11.7 Å². The van der Waals surface area contributed by atoms with Gasteiger partial charge in [-0.25, -0.2) is 0 Å². The molecule has 116 valence electrons. The van der Waals surface area contributed by atoms with E-state index in [2.05, 4.69) is 15.5 Å². The van der Waals surface area contributed by atoms with Gasteiger partial charge in [0.2, 0.25) is 0 Å². The average Bonchev–Trinajstić information content (AvgIpc) is 3.21. The fourth-order valence-electron chi connectivity index (χ4n) is 2.11. The molecule has 1 amide bonds. The van der Waals surface area contributed by atoms with Crippen molar-refractivity contribution in [3.63, 3.8) is 0 Å². The molecule has 7 heteroatoms. The molecule has 0 aliphatic heterocycles. The Balaban J connectivity index is 1.63. The van der Waals surface area contributed by atoms with Gasteiger partial charge in [0, 0.05) is 37.3 Å². The van der Waals surface area contributed by atoms with Crippen LogP contribution in [0.2, 0.25) is 0 Å². The van der Waals surface area contributed by atoms with Gasteiger partial charge in [0.25, 0.3) is 11.7 Å². The highest BCUT2D eigenvalue weighted by atomic mass is 16.5. The highest BCUT2D eigenvalue weighted by Gasteiger charge is 2.18. The fourth-order valence-corrected chi connectivity index (χ4v) is 2.11. The first-order valence-corrected chi connectivity index (χ1v) is 6.95. The minimum absolute atomic E-state index is 0.0856. The summed E-state index contributed by atoms with van der Waals surface area (Å²) >= 11 is 0. The second-order valence-electron chi connectivity index (χ2n) is 4.94. The number of aromatic nitrogens is 3. The molecule has 0 saturated heterocycles. The van der Waals surface area contributed by atoms with Crippen molar-refractivity contribution in [2.45, 2.75) is 6.54 Å². The van der Waals surface area contributed by atoms with Crippen molar-refractivity contribution in [1.29, 1.82) is 0 Å². The lowest BCUT2D eigenvalue weighted by Crippen LogP contribution is -2.31. The van der Waals surface area contributed by atoms with E-state index in [1.807, 2.05) is 6.07 Å². The van der Waals surface area contributed by atoms with Gasteiger partial charge >= 0.3 is 0 Å². The molecule has 0 spiro atoms. The first-order chi connectivity index (χ1) is 11.1. The zero-order valence-corrected chi connectivity index (χ0v) is 12.4. The molecule has 0 saturated carbocycles. The van der Waals surface area contributed by atoms with Crippen molar-refractivity contribution in [3.05, 3.63) is 60.4 Å². The first-order valence-electron chi connectivity index (χ1n) is 6.95. The van der Waals surface area contributed by atoms with Crippen molar-refractivity contribution in [1.82, 2.24) is 20.0 Å². The van der Waals surface area contributed by atoms with Gasteiger partial charge in [-0.15, -0.1) is 0 Å². The molecule has 3 heterocycles. The summed E-state index contributed by atoms with van der Waals surface area (Å²) in [5.41, 5.74) is 1.76. The second-order valence-corrected chi connectivity index (χ2v) is 4.94. The van der Waals surface area contributed by atoms with Gasteiger partial charge < -0.3 is 14.4 Å². The van der Waals surface area contributed by atoms with Crippen molar-refractivity contribution in [2.75, 3.05) is 0 Å². The van der Waals surface area contributed by atoms with Crippen LogP contribution in [0.25, 0.3) is 11.3 Å². The Morgan fingerprint density at radius 2 is 2.17 bits per heavy atom. The van der Waals surface area contributed by atoms with Crippen molar-refractivity contribution in [3.8, 4) is 11.3 Å². The normalized spacial score (nSPS) is 10.5. The summed E-state index contributed by atoms with van der Waals surface area (Å²) in [6, 6.07) is 8.65. The van der Waals surface area contributed by atoms with E-state index >= 15 is 0 Å². The number of rotatable bonds is 5. The Morgan fingerprint density at radius 3 is 2.87 bits per heavy atom. The molecule has 0 radical (unpaired) electrons. The van der Waals surface area contributed by atoms with E-state index in [1.165, 1.54) is 0 Å². The Kier molecular flexibility index (Phi) is 4.01. The lowest BCUT2D eigenvalue weighted by molar-refractivity contribution is -0.117. The van der Waals surface area contributed by atoms with Crippen LogP contribution in [0.15, 0.2) is 53.4 Å². The van der Waals surface area contributed by atoms with Gasteiger partial charge in [0.05, 0.1) is 12.2 Å². The minimum atomic E-state index is -0.689. The topological polar surface area (TPSA) is 90.0 Å². The van der Waals surface area contributed by atoms with Crippen LogP contribution >= 0.6 is 0 Å². The summed E-state index contributed by atoms with van der Waals surface area (Å²) in [5.74, 6) is -0.826. The molecule has 0 fully saturated rings. The van der Waals surface area contributed by atoms with Gasteiger partial charge in [-0.05, 0) is 24.3 Å². The van der Waals surface area contributed by atoms with Gasteiger partial charge in [-0.2, -0.15) is 0 Å². The second kappa shape index (κ2) is 6.27. The maximum absolute atomic E-state index is 12.0. The van der Waals surface area contributed by atoms with Crippen molar-refractivity contribution >= 4 is 11.7 Å². The van der Waals surface area contributed by atoms with Gasteiger partial charge in [-0.3, -0.25) is 14.6 Å². The largest absolute Gasteiger partial charge is 0.359 e. The number of pyridine rings is 1. The number of aryl methyl sites for hydroxylation is 1. The fraction of sp³-hybridized carbons (Fsp3) is 0.125. The zero-order chi connectivity index (χ0) is 16.2. The van der Waals surface area contributed by atoms with Crippen LogP contribution in [0.1, 0.15) is 16.2 Å². The van der Waals surface area contributed by atoms with Crippen molar-refractivity contribution < 1.29 is 14.1 Å². The summed E-state index contributed by atoms with van der Waals surface area (Å²) in [6.45, 7) is 0.0856. The molecule has 7 nitrogen and oxygen atoms in total. The highest BCUT2D eigenvalue weighted by molar-refractivity contribution is 6.42. The third-order valence-electron chi connectivity index (χ3n) is 3.32. The van der Waals surface area contributed by atoms with Crippen molar-refractivity contribution in [2.24, 2.45) is 7.05 Å². The SMILES string of the molecule is Cn1cccc1C(=O)C(=O)NCc1cc(-c2cccnc2)no1. The molecule has 3 rings (SSSR count). The molecular weight excluding hydrogens is 296 g/mol. The number of hydrogen-bond acceptors (Lipinski definition) is 5. The molecule has 3 aromatic rings. The third kappa shape index (κ3) is 3.18. The van der Waals surface area contributed by atoms with E-state index in [4.69, 9.17) is 4.52 Å². The van der Waals surface area contributed by atoms with E-state index in [0.29, 0.717) is 17.1 Å².